The normalized spacial score (nSPS) is 11.2. The first-order chi connectivity index (χ1) is 13.4. The number of nitro groups is 1. The lowest BCUT2D eigenvalue weighted by atomic mass is 10.1. The minimum atomic E-state index is -4.82. The highest BCUT2D eigenvalue weighted by Gasteiger charge is 2.38. The molecule has 0 unspecified atom stereocenters. The molecule has 3 aromatic rings. The summed E-state index contributed by atoms with van der Waals surface area (Å²) < 4.78 is 40.5. The van der Waals surface area contributed by atoms with Gasteiger partial charge in [0.25, 0.3) is 5.69 Å². The van der Waals surface area contributed by atoms with Gasteiger partial charge in [0.05, 0.1) is 10.6 Å². The maximum atomic E-state index is 13.0. The van der Waals surface area contributed by atoms with Gasteiger partial charge in [-0.1, -0.05) is 23.3 Å². The third-order valence-corrected chi connectivity index (χ3v) is 3.71. The zero-order chi connectivity index (χ0) is 20.1. The number of hydrogen-bond acceptors (Lipinski definition) is 7. The van der Waals surface area contributed by atoms with Gasteiger partial charge in [-0.05, 0) is 34.7 Å². The fourth-order valence-electron chi connectivity index (χ4n) is 2.45. The number of benzene rings is 2. The van der Waals surface area contributed by atoms with Crippen LogP contribution in [0.25, 0.3) is 5.69 Å². The first-order valence-electron chi connectivity index (χ1n) is 8.03. The van der Waals surface area contributed by atoms with Crippen molar-refractivity contribution in [1.82, 2.24) is 20.2 Å². The van der Waals surface area contributed by atoms with Gasteiger partial charge in [-0.15, -0.1) is 0 Å². The summed E-state index contributed by atoms with van der Waals surface area (Å²) in [5.74, 6) is 0.368. The molecule has 0 radical (unpaired) electrons. The number of nitrogens with zero attached hydrogens (tertiary/aromatic N) is 5. The van der Waals surface area contributed by atoms with E-state index < -0.39 is 22.4 Å². The van der Waals surface area contributed by atoms with Gasteiger partial charge in [0.15, 0.2) is 0 Å². The Labute approximate surface area is 156 Å². The van der Waals surface area contributed by atoms with Crippen LogP contribution in [0, 0.1) is 10.1 Å². The van der Waals surface area contributed by atoms with Crippen molar-refractivity contribution < 1.29 is 18.1 Å². The van der Waals surface area contributed by atoms with Crippen molar-refractivity contribution in [3.05, 3.63) is 64.2 Å². The lowest BCUT2D eigenvalue weighted by molar-refractivity contribution is -0.388. The van der Waals surface area contributed by atoms with Crippen molar-refractivity contribution in [2.75, 3.05) is 23.7 Å². The number of aromatic nitrogens is 4. The van der Waals surface area contributed by atoms with Gasteiger partial charge in [-0.2, -0.15) is 17.9 Å². The van der Waals surface area contributed by atoms with Crippen LogP contribution < -0.4 is 10.6 Å². The van der Waals surface area contributed by atoms with Gasteiger partial charge in [0.1, 0.15) is 5.56 Å². The van der Waals surface area contributed by atoms with Crippen LogP contribution in [0.4, 0.5) is 30.5 Å². The fourth-order valence-corrected chi connectivity index (χ4v) is 2.45. The van der Waals surface area contributed by atoms with E-state index in [1.807, 2.05) is 30.3 Å². The predicted molar refractivity (Wildman–Crippen MR) is 94.2 cm³/mol. The zero-order valence-corrected chi connectivity index (χ0v) is 14.2. The molecule has 0 atom stereocenters. The Morgan fingerprint density at radius 1 is 1.07 bits per heavy atom. The molecule has 0 spiro atoms. The maximum absolute atomic E-state index is 13.0. The Hall–Kier alpha value is -3.70. The molecule has 0 amide bonds. The van der Waals surface area contributed by atoms with Crippen molar-refractivity contribution in [3.63, 3.8) is 0 Å². The van der Waals surface area contributed by atoms with E-state index in [0.717, 1.165) is 11.8 Å². The summed E-state index contributed by atoms with van der Waals surface area (Å²) in [6, 6.07) is 11.9. The second kappa shape index (κ2) is 7.90. The topological polar surface area (TPSA) is 111 Å². The molecule has 1 heterocycles. The van der Waals surface area contributed by atoms with Crippen molar-refractivity contribution in [2.45, 2.75) is 6.18 Å². The van der Waals surface area contributed by atoms with E-state index >= 15 is 0 Å². The minimum absolute atomic E-state index is 0.113. The van der Waals surface area contributed by atoms with Gasteiger partial charge in [-0.3, -0.25) is 10.1 Å². The van der Waals surface area contributed by atoms with Crippen LogP contribution in [-0.2, 0) is 6.18 Å². The van der Waals surface area contributed by atoms with Crippen LogP contribution >= 0.6 is 0 Å². The SMILES string of the molecule is O=[N+]([O-])c1ccc(NCCNc2nnnn2-c2ccccc2)cc1C(F)(F)F. The van der Waals surface area contributed by atoms with Crippen LogP contribution in [0.1, 0.15) is 5.56 Å². The number of anilines is 2. The molecular weight excluding hydrogens is 379 g/mol. The molecule has 0 aliphatic rings. The quantitative estimate of drug-likeness (QED) is 0.360. The molecule has 0 aliphatic carbocycles. The van der Waals surface area contributed by atoms with E-state index in [-0.39, 0.29) is 12.2 Å². The predicted octanol–water partition coefficient (Wildman–Crippen LogP) is 3.11. The highest BCUT2D eigenvalue weighted by atomic mass is 19.4. The summed E-state index contributed by atoms with van der Waals surface area (Å²) in [5.41, 5.74) is -1.43. The standard InChI is InChI=1S/C16H14F3N7O2/c17-16(18,19)13-10-11(6-7-14(13)26(27)28)20-8-9-21-15-22-23-24-25(15)12-4-2-1-3-5-12/h1-7,10,20H,8-9H2,(H,21,22,24). The highest BCUT2D eigenvalue weighted by molar-refractivity contribution is 5.55. The minimum Gasteiger partial charge on any atom is -0.383 e. The van der Waals surface area contributed by atoms with Gasteiger partial charge in [-0.25, -0.2) is 0 Å². The average molecular weight is 393 g/mol. The maximum Gasteiger partial charge on any atom is 0.423 e. The summed E-state index contributed by atoms with van der Waals surface area (Å²) in [5, 5.41) is 27.8. The van der Waals surface area contributed by atoms with Crippen LogP contribution in [0.3, 0.4) is 0 Å². The monoisotopic (exact) mass is 393 g/mol. The summed E-state index contributed by atoms with van der Waals surface area (Å²) in [7, 11) is 0. The number of nitrogens with one attached hydrogen (secondary N) is 2. The molecule has 0 fully saturated rings. The van der Waals surface area contributed by atoms with Crippen molar-refractivity contribution in [1.29, 1.82) is 0 Å². The molecule has 28 heavy (non-hydrogen) atoms. The molecule has 0 saturated carbocycles. The van der Waals surface area contributed by atoms with Gasteiger partial charge in [0, 0.05) is 24.8 Å². The zero-order valence-electron chi connectivity index (χ0n) is 14.2. The smallest absolute Gasteiger partial charge is 0.383 e. The number of para-hydroxylation sites is 1. The molecule has 0 bridgehead atoms. The molecule has 0 saturated heterocycles. The van der Waals surface area contributed by atoms with Gasteiger partial charge >= 0.3 is 6.18 Å². The molecule has 12 heteroatoms. The number of tetrazole rings is 1. The summed E-state index contributed by atoms with van der Waals surface area (Å²) in [4.78, 5) is 9.72. The molecule has 9 nitrogen and oxygen atoms in total. The van der Waals surface area contributed by atoms with Gasteiger partial charge < -0.3 is 10.6 Å². The second-order valence-corrected chi connectivity index (χ2v) is 5.59. The van der Waals surface area contributed by atoms with E-state index in [1.165, 1.54) is 10.7 Å². The summed E-state index contributed by atoms with van der Waals surface area (Å²) in [6.07, 6.45) is -4.82. The number of rotatable bonds is 7. The Morgan fingerprint density at radius 2 is 1.79 bits per heavy atom. The first kappa shape index (κ1) is 19.1. The molecule has 2 N–H and O–H groups in total. The number of hydrogen-bond donors (Lipinski definition) is 2. The lowest BCUT2D eigenvalue weighted by Crippen LogP contribution is -2.17. The fraction of sp³-hybridized carbons (Fsp3) is 0.188. The van der Waals surface area contributed by atoms with E-state index in [9.17, 15) is 23.3 Å². The van der Waals surface area contributed by atoms with Crippen LogP contribution in [0.2, 0.25) is 0 Å². The van der Waals surface area contributed by atoms with Crippen LogP contribution in [-0.4, -0.2) is 38.2 Å². The molecular formula is C16H14F3N7O2. The largest absolute Gasteiger partial charge is 0.423 e. The van der Waals surface area contributed by atoms with Gasteiger partial charge in [0.2, 0.25) is 5.95 Å². The lowest BCUT2D eigenvalue weighted by Gasteiger charge is -2.12. The van der Waals surface area contributed by atoms with Crippen molar-refractivity contribution in [3.8, 4) is 5.69 Å². The number of alkyl halides is 3. The average Bonchev–Trinajstić information content (AvgIpc) is 3.13. The third-order valence-electron chi connectivity index (χ3n) is 3.71. The molecule has 146 valence electrons. The van der Waals surface area contributed by atoms with E-state index in [0.29, 0.717) is 18.6 Å². The Balaban J connectivity index is 1.62. The van der Waals surface area contributed by atoms with E-state index in [1.54, 1.807) is 0 Å². The molecule has 0 aliphatic heterocycles. The highest BCUT2D eigenvalue weighted by Crippen LogP contribution is 2.37. The second-order valence-electron chi connectivity index (χ2n) is 5.59. The molecule has 3 rings (SSSR count). The summed E-state index contributed by atoms with van der Waals surface area (Å²) >= 11 is 0. The van der Waals surface area contributed by atoms with Crippen LogP contribution in [0.15, 0.2) is 48.5 Å². The van der Waals surface area contributed by atoms with E-state index in [2.05, 4.69) is 26.2 Å². The molecule has 2 aromatic carbocycles. The third kappa shape index (κ3) is 4.34. The molecule has 1 aromatic heterocycles. The van der Waals surface area contributed by atoms with Crippen molar-refractivity contribution >= 4 is 17.3 Å². The summed E-state index contributed by atoms with van der Waals surface area (Å²) in [6.45, 7) is 0.530. The Bertz CT molecular complexity index is 960. The van der Waals surface area contributed by atoms with Crippen molar-refractivity contribution in [2.24, 2.45) is 0 Å². The Morgan fingerprint density at radius 3 is 2.46 bits per heavy atom. The number of nitro benzene ring substituents is 1. The van der Waals surface area contributed by atoms with E-state index in [4.69, 9.17) is 0 Å². The number of halogens is 3. The Kier molecular flexibility index (Phi) is 5.38. The first-order valence-corrected chi connectivity index (χ1v) is 8.03. The van der Waals surface area contributed by atoms with Crippen LogP contribution in [0.5, 0.6) is 0 Å².